The van der Waals surface area contributed by atoms with Gasteiger partial charge in [0, 0.05) is 0 Å². The Labute approximate surface area is 94.5 Å². The number of hydrogen-bond acceptors (Lipinski definition) is 0. The summed E-state index contributed by atoms with van der Waals surface area (Å²) in [5, 5.41) is 0. The second-order valence-electron chi connectivity index (χ2n) is 5.71. The highest BCUT2D eigenvalue weighted by molar-refractivity contribution is 5.32. The van der Waals surface area contributed by atoms with E-state index in [0.717, 1.165) is 11.8 Å². The third kappa shape index (κ3) is 2.04. The Balaban J connectivity index is 2.32. The van der Waals surface area contributed by atoms with Crippen molar-refractivity contribution >= 4 is 0 Å². The fourth-order valence-corrected chi connectivity index (χ4v) is 3.18. The van der Waals surface area contributed by atoms with E-state index in [2.05, 4.69) is 27.7 Å². The number of allylic oxidation sites excluding steroid dienone is 4. The van der Waals surface area contributed by atoms with Crippen LogP contribution in [0, 0.1) is 11.8 Å². The van der Waals surface area contributed by atoms with Gasteiger partial charge in [-0.15, -0.1) is 0 Å². The third-order valence-electron chi connectivity index (χ3n) is 4.44. The Morgan fingerprint density at radius 1 is 0.933 bits per heavy atom. The molecule has 0 amide bonds. The van der Waals surface area contributed by atoms with Crippen molar-refractivity contribution in [1.29, 1.82) is 0 Å². The fraction of sp³-hybridized carbons (Fsp3) is 0.733. The van der Waals surface area contributed by atoms with E-state index in [1.54, 1.807) is 16.7 Å². The van der Waals surface area contributed by atoms with Gasteiger partial charge in [0.05, 0.1) is 0 Å². The molecule has 15 heavy (non-hydrogen) atoms. The van der Waals surface area contributed by atoms with Gasteiger partial charge in [0.2, 0.25) is 0 Å². The summed E-state index contributed by atoms with van der Waals surface area (Å²) < 4.78 is 0. The van der Waals surface area contributed by atoms with Crippen LogP contribution in [0.25, 0.3) is 0 Å². The molecule has 0 aromatic carbocycles. The van der Waals surface area contributed by atoms with E-state index in [0.29, 0.717) is 0 Å². The molecule has 0 unspecified atom stereocenters. The lowest BCUT2D eigenvalue weighted by atomic mass is 9.94. The van der Waals surface area contributed by atoms with Gasteiger partial charge < -0.3 is 0 Å². The molecule has 2 rings (SSSR count). The van der Waals surface area contributed by atoms with Crippen LogP contribution in [0.3, 0.4) is 0 Å². The molecule has 0 fully saturated rings. The first-order chi connectivity index (χ1) is 7.09. The standard InChI is InChI=1S/C15H24/c1-10(2)13-7-5-11(3)14-8-6-12(4)15(14)9-13/h11-12H,5-9H2,1-4H3/t11-,12-/m0/s1. The van der Waals surface area contributed by atoms with Crippen LogP contribution < -0.4 is 0 Å². The van der Waals surface area contributed by atoms with Crippen LogP contribution in [0.5, 0.6) is 0 Å². The van der Waals surface area contributed by atoms with E-state index in [1.807, 2.05) is 5.57 Å². The van der Waals surface area contributed by atoms with Gasteiger partial charge in [0.25, 0.3) is 0 Å². The summed E-state index contributed by atoms with van der Waals surface area (Å²) in [5.74, 6) is 1.71. The van der Waals surface area contributed by atoms with Crippen molar-refractivity contribution < 1.29 is 0 Å². The van der Waals surface area contributed by atoms with Crippen molar-refractivity contribution in [3.8, 4) is 0 Å². The van der Waals surface area contributed by atoms with Crippen molar-refractivity contribution in [1.82, 2.24) is 0 Å². The summed E-state index contributed by atoms with van der Waals surface area (Å²) in [6.07, 6.45) is 6.80. The molecule has 84 valence electrons. The second-order valence-corrected chi connectivity index (χ2v) is 5.71. The van der Waals surface area contributed by atoms with Crippen LogP contribution in [-0.2, 0) is 0 Å². The smallest absolute Gasteiger partial charge is 0.0101 e. The van der Waals surface area contributed by atoms with E-state index < -0.39 is 0 Å². The number of hydrogen-bond donors (Lipinski definition) is 0. The maximum Gasteiger partial charge on any atom is -0.0101 e. The molecular formula is C15H24. The second kappa shape index (κ2) is 4.15. The van der Waals surface area contributed by atoms with Crippen molar-refractivity contribution in [2.24, 2.45) is 11.8 Å². The average molecular weight is 204 g/mol. The maximum atomic E-state index is 2.43. The van der Waals surface area contributed by atoms with Gasteiger partial charge in [0.1, 0.15) is 0 Å². The molecule has 0 bridgehead atoms. The van der Waals surface area contributed by atoms with Crippen molar-refractivity contribution in [2.75, 3.05) is 0 Å². The molecule has 0 spiro atoms. The third-order valence-corrected chi connectivity index (χ3v) is 4.44. The molecule has 2 aliphatic carbocycles. The molecule has 0 saturated carbocycles. The monoisotopic (exact) mass is 204 g/mol. The first-order valence-electron chi connectivity index (χ1n) is 6.46. The molecule has 0 heteroatoms. The Kier molecular flexibility index (Phi) is 3.04. The summed E-state index contributed by atoms with van der Waals surface area (Å²) >= 11 is 0. The molecule has 0 saturated heterocycles. The topological polar surface area (TPSA) is 0 Å². The highest BCUT2D eigenvalue weighted by Crippen LogP contribution is 2.44. The Bertz CT molecular complexity index is 313. The zero-order chi connectivity index (χ0) is 11.0. The highest BCUT2D eigenvalue weighted by Gasteiger charge is 2.28. The summed E-state index contributed by atoms with van der Waals surface area (Å²) in [6.45, 7) is 9.42. The van der Waals surface area contributed by atoms with E-state index in [-0.39, 0.29) is 0 Å². The van der Waals surface area contributed by atoms with E-state index in [4.69, 9.17) is 0 Å². The lowest BCUT2D eigenvalue weighted by molar-refractivity contribution is 0.585. The Morgan fingerprint density at radius 3 is 2.20 bits per heavy atom. The molecule has 0 radical (unpaired) electrons. The summed E-state index contributed by atoms with van der Waals surface area (Å²) in [4.78, 5) is 0. The Hall–Kier alpha value is -0.520. The molecule has 0 aliphatic heterocycles. The van der Waals surface area contributed by atoms with E-state index in [9.17, 15) is 0 Å². The van der Waals surface area contributed by atoms with Crippen LogP contribution in [0.4, 0.5) is 0 Å². The summed E-state index contributed by atoms with van der Waals surface area (Å²) in [7, 11) is 0. The summed E-state index contributed by atoms with van der Waals surface area (Å²) in [5.41, 5.74) is 6.91. The van der Waals surface area contributed by atoms with Crippen LogP contribution in [0.15, 0.2) is 22.3 Å². The molecule has 0 N–H and O–H groups in total. The van der Waals surface area contributed by atoms with Gasteiger partial charge in [-0.3, -0.25) is 0 Å². The molecule has 0 nitrogen and oxygen atoms in total. The maximum absolute atomic E-state index is 2.43. The minimum Gasteiger partial charge on any atom is -0.0769 e. The average Bonchev–Trinajstić information content (AvgIpc) is 2.43. The van der Waals surface area contributed by atoms with Crippen LogP contribution >= 0.6 is 0 Å². The predicted molar refractivity (Wildman–Crippen MR) is 66.8 cm³/mol. The molecule has 0 heterocycles. The lowest BCUT2D eigenvalue weighted by Gasteiger charge is -2.12. The van der Waals surface area contributed by atoms with Gasteiger partial charge in [0.15, 0.2) is 0 Å². The number of rotatable bonds is 0. The van der Waals surface area contributed by atoms with Gasteiger partial charge in [-0.2, -0.15) is 0 Å². The van der Waals surface area contributed by atoms with Gasteiger partial charge in [-0.05, 0) is 57.8 Å². The molecular weight excluding hydrogens is 180 g/mol. The summed E-state index contributed by atoms with van der Waals surface area (Å²) in [6, 6.07) is 0. The quantitative estimate of drug-likeness (QED) is 0.494. The molecule has 0 aromatic heterocycles. The zero-order valence-electron chi connectivity index (χ0n) is 10.7. The van der Waals surface area contributed by atoms with E-state index >= 15 is 0 Å². The van der Waals surface area contributed by atoms with Crippen LogP contribution in [0.2, 0.25) is 0 Å². The molecule has 2 aliphatic rings. The van der Waals surface area contributed by atoms with Gasteiger partial charge >= 0.3 is 0 Å². The van der Waals surface area contributed by atoms with E-state index in [1.165, 1.54) is 32.1 Å². The minimum absolute atomic E-state index is 0.849. The van der Waals surface area contributed by atoms with Gasteiger partial charge in [-0.25, -0.2) is 0 Å². The highest BCUT2D eigenvalue weighted by atomic mass is 14.3. The Morgan fingerprint density at radius 2 is 1.53 bits per heavy atom. The minimum atomic E-state index is 0.849. The van der Waals surface area contributed by atoms with Crippen LogP contribution in [0.1, 0.15) is 59.8 Å². The normalized spacial score (nSPS) is 31.6. The lowest BCUT2D eigenvalue weighted by Crippen LogP contribution is -1.97. The fourth-order valence-electron chi connectivity index (χ4n) is 3.18. The van der Waals surface area contributed by atoms with Crippen molar-refractivity contribution in [3.63, 3.8) is 0 Å². The largest absolute Gasteiger partial charge is 0.0769 e. The molecule has 2 atom stereocenters. The first kappa shape index (κ1) is 11.0. The SMILES string of the molecule is CC(C)=C1CC[C@H](C)C2=C(C1)[C@@H](C)CC2. The van der Waals surface area contributed by atoms with Crippen LogP contribution in [-0.4, -0.2) is 0 Å². The molecule has 0 aromatic rings. The zero-order valence-corrected chi connectivity index (χ0v) is 10.7. The predicted octanol–water partition coefficient (Wildman–Crippen LogP) is 4.87. The first-order valence-corrected chi connectivity index (χ1v) is 6.46. The van der Waals surface area contributed by atoms with Crippen molar-refractivity contribution in [2.45, 2.75) is 59.8 Å². The van der Waals surface area contributed by atoms with Crippen molar-refractivity contribution in [3.05, 3.63) is 22.3 Å². The van der Waals surface area contributed by atoms with Gasteiger partial charge in [-0.1, -0.05) is 36.1 Å².